The Morgan fingerprint density at radius 3 is 1.71 bits per heavy atom. The van der Waals surface area contributed by atoms with Crippen LogP contribution in [0.15, 0.2) is 24.3 Å². The van der Waals surface area contributed by atoms with Crippen LogP contribution in [0.25, 0.3) is 0 Å². The molecule has 14 heavy (non-hydrogen) atoms. The van der Waals surface area contributed by atoms with Crippen LogP contribution in [0.3, 0.4) is 0 Å². The van der Waals surface area contributed by atoms with Crippen LogP contribution in [-0.4, -0.2) is 22.2 Å². The zero-order valence-corrected chi connectivity index (χ0v) is 8.01. The number of aliphatic carboxylic acids is 2. The van der Waals surface area contributed by atoms with E-state index in [4.69, 9.17) is 10.2 Å². The number of rotatable bonds is 6. The Morgan fingerprint density at radius 1 is 1.07 bits per heavy atom. The van der Waals surface area contributed by atoms with E-state index >= 15 is 0 Å². The third-order valence-corrected chi connectivity index (χ3v) is 1.46. The third-order valence-electron chi connectivity index (χ3n) is 1.46. The Labute approximate surface area is 82.6 Å². The van der Waals surface area contributed by atoms with Crippen molar-refractivity contribution < 1.29 is 19.8 Å². The van der Waals surface area contributed by atoms with E-state index in [1.807, 2.05) is 6.92 Å². The summed E-state index contributed by atoms with van der Waals surface area (Å²) in [5.74, 6) is -1.68. The number of carboxylic acids is 2. The fraction of sp³-hybridized carbons (Fsp3) is 0.400. The lowest BCUT2D eigenvalue weighted by Crippen LogP contribution is -1.92. The van der Waals surface area contributed by atoms with E-state index in [-0.39, 0.29) is 18.8 Å². The largest absolute Gasteiger partial charge is 0.481 e. The van der Waals surface area contributed by atoms with Gasteiger partial charge in [-0.1, -0.05) is 31.2 Å². The molecule has 0 radical (unpaired) electrons. The van der Waals surface area contributed by atoms with Crippen molar-refractivity contribution in [3.63, 3.8) is 0 Å². The SMILES string of the molecule is CC(/C=C/CC(=O)O)/C=C/CC(=O)O. The first-order valence-corrected chi connectivity index (χ1v) is 4.29. The van der Waals surface area contributed by atoms with Gasteiger partial charge >= 0.3 is 11.9 Å². The van der Waals surface area contributed by atoms with E-state index < -0.39 is 11.9 Å². The van der Waals surface area contributed by atoms with Crippen molar-refractivity contribution in [3.05, 3.63) is 24.3 Å². The van der Waals surface area contributed by atoms with E-state index in [2.05, 4.69) is 0 Å². The second-order valence-electron chi connectivity index (χ2n) is 2.91. The van der Waals surface area contributed by atoms with Gasteiger partial charge in [-0.3, -0.25) is 9.59 Å². The summed E-state index contributed by atoms with van der Waals surface area (Å²) in [6.45, 7) is 1.86. The Bertz CT molecular complexity index is 227. The lowest BCUT2D eigenvalue weighted by atomic mass is 10.1. The minimum Gasteiger partial charge on any atom is -0.481 e. The van der Waals surface area contributed by atoms with Crippen molar-refractivity contribution in [3.8, 4) is 0 Å². The number of carboxylic acid groups (broad SMARTS) is 2. The van der Waals surface area contributed by atoms with Crippen molar-refractivity contribution >= 4 is 11.9 Å². The Balaban J connectivity index is 3.79. The fourth-order valence-corrected chi connectivity index (χ4v) is 0.831. The predicted molar refractivity (Wildman–Crippen MR) is 51.9 cm³/mol. The van der Waals surface area contributed by atoms with Crippen LogP contribution in [0.5, 0.6) is 0 Å². The average molecular weight is 198 g/mol. The highest BCUT2D eigenvalue weighted by Gasteiger charge is 1.94. The van der Waals surface area contributed by atoms with Gasteiger partial charge in [0, 0.05) is 0 Å². The van der Waals surface area contributed by atoms with E-state index in [0.29, 0.717) is 0 Å². The molecule has 0 aromatic carbocycles. The normalized spacial score (nSPS) is 11.6. The summed E-state index contributed by atoms with van der Waals surface area (Å²) in [6, 6.07) is 0. The lowest BCUT2D eigenvalue weighted by molar-refractivity contribution is -0.137. The highest BCUT2D eigenvalue weighted by atomic mass is 16.4. The van der Waals surface area contributed by atoms with Gasteiger partial charge in [-0.25, -0.2) is 0 Å². The molecule has 78 valence electrons. The van der Waals surface area contributed by atoms with Crippen molar-refractivity contribution in [2.24, 2.45) is 5.92 Å². The van der Waals surface area contributed by atoms with Gasteiger partial charge in [0.25, 0.3) is 0 Å². The van der Waals surface area contributed by atoms with Crippen LogP contribution in [0.2, 0.25) is 0 Å². The molecule has 0 aromatic rings. The highest BCUT2D eigenvalue weighted by Crippen LogP contribution is 2.01. The predicted octanol–water partition coefficient (Wildman–Crippen LogP) is 1.68. The van der Waals surface area contributed by atoms with Crippen LogP contribution in [0.1, 0.15) is 19.8 Å². The van der Waals surface area contributed by atoms with Crippen molar-refractivity contribution in [2.75, 3.05) is 0 Å². The lowest BCUT2D eigenvalue weighted by Gasteiger charge is -1.95. The van der Waals surface area contributed by atoms with Gasteiger partial charge in [0.05, 0.1) is 12.8 Å². The van der Waals surface area contributed by atoms with E-state index in [0.717, 1.165) is 0 Å². The number of carbonyl (C=O) groups is 2. The Morgan fingerprint density at radius 2 is 1.43 bits per heavy atom. The molecule has 0 heterocycles. The number of hydrogen-bond donors (Lipinski definition) is 2. The van der Waals surface area contributed by atoms with E-state index in [1.54, 1.807) is 24.3 Å². The average Bonchev–Trinajstić information content (AvgIpc) is 2.02. The number of hydrogen-bond acceptors (Lipinski definition) is 2. The van der Waals surface area contributed by atoms with Gasteiger partial charge in [0.2, 0.25) is 0 Å². The van der Waals surface area contributed by atoms with Crippen LogP contribution in [-0.2, 0) is 9.59 Å². The van der Waals surface area contributed by atoms with Crippen LogP contribution >= 0.6 is 0 Å². The molecule has 0 fully saturated rings. The van der Waals surface area contributed by atoms with Gasteiger partial charge in [0.15, 0.2) is 0 Å². The summed E-state index contributed by atoms with van der Waals surface area (Å²) < 4.78 is 0. The molecule has 0 aromatic heterocycles. The van der Waals surface area contributed by atoms with Crippen LogP contribution in [0.4, 0.5) is 0 Å². The zero-order valence-electron chi connectivity index (χ0n) is 8.01. The Kier molecular flexibility index (Phi) is 6.11. The van der Waals surface area contributed by atoms with Gasteiger partial charge in [0.1, 0.15) is 0 Å². The quantitative estimate of drug-likeness (QED) is 0.637. The van der Waals surface area contributed by atoms with Crippen molar-refractivity contribution in [2.45, 2.75) is 19.8 Å². The van der Waals surface area contributed by atoms with Crippen LogP contribution < -0.4 is 0 Å². The molecule has 0 aliphatic heterocycles. The first-order valence-electron chi connectivity index (χ1n) is 4.29. The molecule has 4 nitrogen and oxygen atoms in total. The summed E-state index contributed by atoms with van der Waals surface area (Å²) in [5, 5.41) is 16.7. The molecule has 0 saturated heterocycles. The molecule has 0 rings (SSSR count). The van der Waals surface area contributed by atoms with Gasteiger partial charge < -0.3 is 10.2 Å². The standard InChI is InChI=1S/C10H14O4/c1-8(4-2-6-9(11)12)5-3-7-10(13)14/h2-5,8H,6-7H2,1H3,(H,11,12)(H,13,14)/b4-2+,5-3+. The van der Waals surface area contributed by atoms with Gasteiger partial charge in [-0.15, -0.1) is 0 Å². The summed E-state index contributed by atoms with van der Waals surface area (Å²) in [4.78, 5) is 20.3. The molecular formula is C10H14O4. The molecule has 4 heteroatoms. The monoisotopic (exact) mass is 198 g/mol. The van der Waals surface area contributed by atoms with Gasteiger partial charge in [-0.05, 0) is 5.92 Å². The fourth-order valence-electron chi connectivity index (χ4n) is 0.831. The van der Waals surface area contributed by atoms with Crippen LogP contribution in [0, 0.1) is 5.92 Å². The molecule has 0 aliphatic rings. The number of allylic oxidation sites excluding steroid dienone is 2. The first-order chi connectivity index (χ1) is 6.52. The minimum absolute atomic E-state index is 0.00287. The first kappa shape index (κ1) is 12.4. The molecular weight excluding hydrogens is 184 g/mol. The Hall–Kier alpha value is -1.58. The summed E-state index contributed by atoms with van der Waals surface area (Å²) in [5.41, 5.74) is 0. The van der Waals surface area contributed by atoms with Crippen molar-refractivity contribution in [1.82, 2.24) is 0 Å². The molecule has 0 bridgehead atoms. The topological polar surface area (TPSA) is 74.6 Å². The highest BCUT2D eigenvalue weighted by molar-refractivity contribution is 5.69. The summed E-state index contributed by atoms with van der Waals surface area (Å²) >= 11 is 0. The molecule has 0 amide bonds. The third kappa shape index (κ3) is 8.52. The molecule has 0 aliphatic carbocycles. The second kappa shape index (κ2) is 6.88. The molecule has 2 N–H and O–H groups in total. The summed E-state index contributed by atoms with van der Waals surface area (Å²) in [7, 11) is 0. The molecule has 0 unspecified atom stereocenters. The van der Waals surface area contributed by atoms with Gasteiger partial charge in [-0.2, -0.15) is 0 Å². The molecule has 0 saturated carbocycles. The zero-order chi connectivity index (χ0) is 11.0. The summed E-state index contributed by atoms with van der Waals surface area (Å²) in [6.07, 6.45) is 6.56. The van der Waals surface area contributed by atoms with E-state index in [9.17, 15) is 9.59 Å². The smallest absolute Gasteiger partial charge is 0.307 e. The molecule has 0 atom stereocenters. The van der Waals surface area contributed by atoms with E-state index in [1.165, 1.54) is 0 Å². The maximum atomic E-state index is 10.1. The maximum absolute atomic E-state index is 10.1. The molecule has 0 spiro atoms. The van der Waals surface area contributed by atoms with Crippen molar-refractivity contribution in [1.29, 1.82) is 0 Å². The minimum atomic E-state index is -0.872. The second-order valence-corrected chi connectivity index (χ2v) is 2.91. The maximum Gasteiger partial charge on any atom is 0.307 e.